The van der Waals surface area contributed by atoms with Crippen molar-refractivity contribution in [2.75, 3.05) is 13.2 Å². The molecule has 1 aromatic carbocycles. The maximum absolute atomic E-state index is 13.9. The van der Waals surface area contributed by atoms with Crippen LogP contribution >= 0.6 is 0 Å². The molecule has 0 atom stereocenters. The van der Waals surface area contributed by atoms with Gasteiger partial charge >= 0.3 is 0 Å². The van der Waals surface area contributed by atoms with E-state index in [2.05, 4.69) is 17.2 Å². The van der Waals surface area contributed by atoms with Gasteiger partial charge in [0.25, 0.3) is 5.91 Å². The van der Waals surface area contributed by atoms with Crippen LogP contribution in [0.1, 0.15) is 35.7 Å². The summed E-state index contributed by atoms with van der Waals surface area (Å²) in [6, 6.07) is 4.21. The molecule has 0 spiro atoms. The van der Waals surface area contributed by atoms with Crippen molar-refractivity contribution in [2.45, 2.75) is 31.9 Å². The second-order valence-electron chi connectivity index (χ2n) is 4.87. The van der Waals surface area contributed by atoms with Crippen LogP contribution in [0.15, 0.2) is 18.2 Å². The summed E-state index contributed by atoms with van der Waals surface area (Å²) in [4.78, 5) is 12.0. The van der Waals surface area contributed by atoms with Crippen LogP contribution in [0, 0.1) is 17.7 Å². The highest BCUT2D eigenvalue weighted by atomic mass is 19.1. The largest absolute Gasteiger partial charge is 0.384 e. The molecule has 1 fully saturated rings. The second-order valence-corrected chi connectivity index (χ2v) is 4.87. The van der Waals surface area contributed by atoms with Gasteiger partial charge in [-0.3, -0.25) is 4.79 Å². The molecular weight excluding hydrogens is 273 g/mol. The lowest BCUT2D eigenvalue weighted by Gasteiger charge is -2.35. The van der Waals surface area contributed by atoms with Crippen LogP contribution in [0.2, 0.25) is 0 Å². The molecule has 0 radical (unpaired) electrons. The summed E-state index contributed by atoms with van der Waals surface area (Å²) in [5.41, 5.74) is 0.433. The van der Waals surface area contributed by atoms with Gasteiger partial charge < -0.3 is 15.2 Å². The van der Waals surface area contributed by atoms with Crippen LogP contribution in [0.5, 0.6) is 0 Å². The van der Waals surface area contributed by atoms with Gasteiger partial charge in [-0.1, -0.05) is 11.8 Å². The standard InChI is InChI=1S/C16H18FNO3/c1-2-21-13-9-12(10-13)18-16(20)14-6-5-11(4-3-7-19)8-15(14)17/h5-6,8,12-13,19H,2,7,9-10H2,1H3,(H,18,20). The van der Waals surface area contributed by atoms with Gasteiger partial charge in [0.05, 0.1) is 11.7 Å². The predicted octanol–water partition coefficient (Wildman–Crippen LogP) is 1.47. The molecule has 1 aliphatic rings. The Morgan fingerprint density at radius 2 is 2.29 bits per heavy atom. The normalized spacial score (nSPS) is 20.1. The van der Waals surface area contributed by atoms with Gasteiger partial charge in [0.15, 0.2) is 0 Å². The number of aliphatic hydroxyl groups excluding tert-OH is 1. The number of aliphatic hydroxyl groups is 1. The third kappa shape index (κ3) is 4.03. The smallest absolute Gasteiger partial charge is 0.254 e. The van der Waals surface area contributed by atoms with E-state index in [1.165, 1.54) is 12.1 Å². The highest BCUT2D eigenvalue weighted by molar-refractivity contribution is 5.94. The first-order valence-electron chi connectivity index (χ1n) is 6.95. The van der Waals surface area contributed by atoms with Crippen molar-refractivity contribution in [3.8, 4) is 11.8 Å². The lowest BCUT2D eigenvalue weighted by atomic mass is 9.89. The van der Waals surface area contributed by atoms with Crippen LogP contribution < -0.4 is 5.32 Å². The summed E-state index contributed by atoms with van der Waals surface area (Å²) in [5.74, 6) is 3.99. The lowest BCUT2D eigenvalue weighted by molar-refractivity contribution is -0.00865. The quantitative estimate of drug-likeness (QED) is 0.826. The van der Waals surface area contributed by atoms with E-state index in [9.17, 15) is 9.18 Å². The summed E-state index contributed by atoms with van der Waals surface area (Å²) in [5, 5.41) is 11.4. The Balaban J connectivity index is 1.94. The SMILES string of the molecule is CCOC1CC(NC(=O)c2ccc(C#CCO)cc2F)C1. The fraction of sp³-hybridized carbons (Fsp3) is 0.438. The molecule has 0 aromatic heterocycles. The van der Waals surface area contributed by atoms with E-state index in [-0.39, 0.29) is 24.3 Å². The van der Waals surface area contributed by atoms with Crippen molar-refractivity contribution in [1.82, 2.24) is 5.32 Å². The Morgan fingerprint density at radius 3 is 2.90 bits per heavy atom. The molecule has 1 aromatic rings. The van der Waals surface area contributed by atoms with Crippen molar-refractivity contribution in [3.05, 3.63) is 35.1 Å². The molecular formula is C16H18FNO3. The predicted molar refractivity (Wildman–Crippen MR) is 76.3 cm³/mol. The number of amides is 1. The lowest BCUT2D eigenvalue weighted by Crippen LogP contribution is -2.48. The Morgan fingerprint density at radius 1 is 1.52 bits per heavy atom. The number of ether oxygens (including phenoxy) is 1. The van der Waals surface area contributed by atoms with E-state index in [4.69, 9.17) is 9.84 Å². The Kier molecular flexibility index (Phi) is 5.32. The molecule has 2 rings (SSSR count). The minimum absolute atomic E-state index is 0.00408. The fourth-order valence-electron chi connectivity index (χ4n) is 2.24. The third-order valence-electron chi connectivity index (χ3n) is 3.36. The molecule has 5 heteroatoms. The summed E-state index contributed by atoms with van der Waals surface area (Å²) < 4.78 is 19.3. The van der Waals surface area contributed by atoms with Crippen LogP contribution in [-0.4, -0.2) is 36.4 Å². The molecule has 1 aliphatic carbocycles. The molecule has 0 saturated heterocycles. The highest BCUT2D eigenvalue weighted by Crippen LogP contribution is 2.23. The van der Waals surface area contributed by atoms with E-state index in [0.717, 1.165) is 12.8 Å². The fourth-order valence-corrected chi connectivity index (χ4v) is 2.24. The Bertz CT molecular complexity index is 571. The number of halogens is 1. The molecule has 0 heterocycles. The molecule has 2 N–H and O–H groups in total. The number of rotatable bonds is 4. The van der Waals surface area contributed by atoms with Gasteiger partial charge in [0, 0.05) is 18.2 Å². The van der Waals surface area contributed by atoms with E-state index >= 15 is 0 Å². The summed E-state index contributed by atoms with van der Waals surface area (Å²) in [6.07, 6.45) is 1.73. The summed E-state index contributed by atoms with van der Waals surface area (Å²) in [6.45, 7) is 2.31. The van der Waals surface area contributed by atoms with Crippen molar-refractivity contribution < 1.29 is 19.0 Å². The zero-order valence-electron chi connectivity index (χ0n) is 11.9. The number of hydrogen-bond acceptors (Lipinski definition) is 3. The average molecular weight is 291 g/mol. The highest BCUT2D eigenvalue weighted by Gasteiger charge is 2.31. The van der Waals surface area contributed by atoms with E-state index in [1.54, 1.807) is 6.07 Å². The van der Waals surface area contributed by atoms with Gasteiger partial charge in [-0.05, 0) is 38.0 Å². The maximum Gasteiger partial charge on any atom is 0.254 e. The number of carbonyl (C=O) groups is 1. The van der Waals surface area contributed by atoms with E-state index < -0.39 is 11.7 Å². The number of nitrogens with one attached hydrogen (secondary N) is 1. The van der Waals surface area contributed by atoms with Gasteiger partial charge in [-0.25, -0.2) is 4.39 Å². The van der Waals surface area contributed by atoms with E-state index in [0.29, 0.717) is 12.2 Å². The first-order chi connectivity index (χ1) is 10.1. The molecule has 112 valence electrons. The first-order valence-corrected chi connectivity index (χ1v) is 6.95. The Hall–Kier alpha value is -1.90. The zero-order valence-corrected chi connectivity index (χ0v) is 11.9. The van der Waals surface area contributed by atoms with Crippen LogP contribution in [0.3, 0.4) is 0 Å². The van der Waals surface area contributed by atoms with Crippen molar-refractivity contribution >= 4 is 5.91 Å². The maximum atomic E-state index is 13.9. The van der Waals surface area contributed by atoms with Crippen molar-refractivity contribution in [3.63, 3.8) is 0 Å². The van der Waals surface area contributed by atoms with Gasteiger partial charge in [-0.2, -0.15) is 0 Å². The van der Waals surface area contributed by atoms with Crippen LogP contribution in [-0.2, 0) is 4.74 Å². The zero-order chi connectivity index (χ0) is 15.2. The third-order valence-corrected chi connectivity index (χ3v) is 3.36. The Labute approximate surface area is 123 Å². The van der Waals surface area contributed by atoms with Crippen LogP contribution in [0.4, 0.5) is 4.39 Å². The molecule has 1 amide bonds. The molecule has 21 heavy (non-hydrogen) atoms. The summed E-state index contributed by atoms with van der Waals surface area (Å²) in [7, 11) is 0. The topological polar surface area (TPSA) is 58.6 Å². The van der Waals surface area contributed by atoms with Crippen molar-refractivity contribution in [2.24, 2.45) is 0 Å². The van der Waals surface area contributed by atoms with E-state index in [1.807, 2.05) is 6.92 Å². The molecule has 0 aliphatic heterocycles. The molecule has 1 saturated carbocycles. The van der Waals surface area contributed by atoms with Gasteiger partial charge in [-0.15, -0.1) is 0 Å². The minimum Gasteiger partial charge on any atom is -0.384 e. The van der Waals surface area contributed by atoms with Crippen molar-refractivity contribution in [1.29, 1.82) is 0 Å². The number of hydrogen-bond donors (Lipinski definition) is 2. The molecule has 0 bridgehead atoms. The first kappa shape index (κ1) is 15.5. The minimum atomic E-state index is -0.613. The molecule has 4 nitrogen and oxygen atoms in total. The monoisotopic (exact) mass is 291 g/mol. The van der Waals surface area contributed by atoms with Crippen LogP contribution in [0.25, 0.3) is 0 Å². The van der Waals surface area contributed by atoms with Gasteiger partial charge in [0.2, 0.25) is 0 Å². The summed E-state index contributed by atoms with van der Waals surface area (Å²) >= 11 is 0. The number of benzene rings is 1. The van der Waals surface area contributed by atoms with Gasteiger partial charge in [0.1, 0.15) is 12.4 Å². The second kappa shape index (κ2) is 7.21. The average Bonchev–Trinajstić information content (AvgIpc) is 2.42. The number of carbonyl (C=O) groups excluding carboxylic acids is 1. The molecule has 0 unspecified atom stereocenters.